The van der Waals surface area contributed by atoms with Gasteiger partial charge in [-0.2, -0.15) is 0 Å². The van der Waals surface area contributed by atoms with Crippen LogP contribution in [0.4, 0.5) is 0 Å². The summed E-state index contributed by atoms with van der Waals surface area (Å²) in [6.07, 6.45) is 4.80. The number of hydrogen-bond acceptors (Lipinski definition) is 8. The Balaban J connectivity index is 1.31. The van der Waals surface area contributed by atoms with E-state index >= 15 is 0 Å². The highest BCUT2D eigenvalue weighted by atomic mass is 32.1. The second kappa shape index (κ2) is 19.0. The molecule has 1 saturated heterocycles. The molecule has 0 aliphatic carbocycles. The highest BCUT2D eigenvalue weighted by Crippen LogP contribution is 2.27. The van der Waals surface area contributed by atoms with Crippen molar-refractivity contribution >= 4 is 61.9 Å². The lowest BCUT2D eigenvalue weighted by molar-refractivity contribution is -0.136. The number of fused-ring (bicyclic) bond motifs is 2. The Kier molecular flexibility index (Phi) is 13.7. The molecule has 3 heterocycles. The summed E-state index contributed by atoms with van der Waals surface area (Å²) in [6.45, 7) is 2.98. The molecule has 57 heavy (non-hydrogen) atoms. The zero-order valence-corrected chi connectivity index (χ0v) is 33.0. The van der Waals surface area contributed by atoms with E-state index in [4.69, 9.17) is 11.5 Å². The molecule has 0 unspecified atom stereocenters. The van der Waals surface area contributed by atoms with Crippen molar-refractivity contribution < 1.29 is 24.0 Å². The van der Waals surface area contributed by atoms with Crippen molar-refractivity contribution in [3.05, 3.63) is 107 Å². The first-order chi connectivity index (χ1) is 27.6. The number of amides is 5. The van der Waals surface area contributed by atoms with E-state index in [2.05, 4.69) is 31.6 Å². The summed E-state index contributed by atoms with van der Waals surface area (Å²) in [7, 11) is 0. The molecule has 1 aliphatic rings. The van der Waals surface area contributed by atoms with Crippen LogP contribution in [0.15, 0.2) is 90.4 Å². The fourth-order valence-electron chi connectivity index (χ4n) is 7.40. The summed E-state index contributed by atoms with van der Waals surface area (Å²) in [5, 5.41) is 18.7. The second-order valence-electron chi connectivity index (χ2n) is 14.8. The largest absolute Gasteiger partial charge is 0.368 e. The van der Waals surface area contributed by atoms with Gasteiger partial charge in [-0.3, -0.25) is 24.0 Å². The van der Waals surface area contributed by atoms with Crippen LogP contribution in [0.1, 0.15) is 55.7 Å². The van der Waals surface area contributed by atoms with Crippen molar-refractivity contribution in [2.45, 2.75) is 88.0 Å². The van der Waals surface area contributed by atoms with Crippen molar-refractivity contribution in [3.63, 3.8) is 0 Å². The number of para-hydroxylation sites is 1. The monoisotopic (exact) mass is 792 g/mol. The summed E-state index contributed by atoms with van der Waals surface area (Å²) in [5.74, 6) is -2.86. The van der Waals surface area contributed by atoms with Crippen LogP contribution in [0.2, 0.25) is 0 Å². The van der Waals surface area contributed by atoms with Crippen molar-refractivity contribution in [1.29, 1.82) is 0 Å². The van der Waals surface area contributed by atoms with Crippen LogP contribution in [0, 0.1) is 0 Å². The van der Waals surface area contributed by atoms with Crippen LogP contribution in [-0.4, -0.2) is 77.3 Å². The molecule has 0 spiro atoms. The van der Waals surface area contributed by atoms with Crippen molar-refractivity contribution in [2.24, 2.45) is 11.5 Å². The third kappa shape index (κ3) is 10.2. The van der Waals surface area contributed by atoms with E-state index in [0.717, 1.165) is 50.5 Å². The Labute approximate surface area is 336 Å². The smallest absolute Gasteiger partial charge is 0.243 e. The SMILES string of the molecule is CCCC[C@@H](N)C(=O)N[C@H](Cc1csc2ccccc12)C(=O)N[C@H](Cc1c[nH]c2ccccc12)C(=O)N[C@@H](Cc1ccccc1)C(=O)NC1(C(N)=O)CCNCC1. The summed E-state index contributed by atoms with van der Waals surface area (Å²) >= 11 is 1.54. The lowest BCUT2D eigenvalue weighted by Gasteiger charge is -2.36. The van der Waals surface area contributed by atoms with E-state index < -0.39 is 59.2 Å². The van der Waals surface area contributed by atoms with Gasteiger partial charge in [0.05, 0.1) is 6.04 Å². The van der Waals surface area contributed by atoms with Crippen LogP contribution in [-0.2, 0) is 43.2 Å². The number of piperidine rings is 1. The molecular formula is C43H52N8O5S. The standard InChI is InChI=1S/C43H52N8O5S/c1-2-3-15-32(44)38(52)48-36(24-29-26-57-37-17-10-8-14-31(29)37)40(54)50-35(23-28-25-47-33-16-9-7-13-30(28)33)39(53)49-34(22-27-11-5-4-6-12-27)41(55)51-43(42(45)56)18-20-46-21-19-43/h4-14,16-17,25-26,32,34-36,46-47H,2-3,15,18-24,44H2,1H3,(H2,45,56)(H,48,52)(H,49,53)(H,50,54)(H,51,55)/t32-,34+,35-,36-/m1/s1. The van der Waals surface area contributed by atoms with Gasteiger partial charge in [0.25, 0.3) is 0 Å². The number of unbranched alkanes of at least 4 members (excludes halogenated alkanes) is 1. The van der Waals surface area contributed by atoms with Crippen LogP contribution in [0.25, 0.3) is 21.0 Å². The molecule has 6 rings (SSSR count). The van der Waals surface area contributed by atoms with Crippen LogP contribution in [0.5, 0.6) is 0 Å². The van der Waals surface area contributed by atoms with Gasteiger partial charge in [-0.05, 0) is 71.9 Å². The van der Waals surface area contributed by atoms with Gasteiger partial charge in [0.2, 0.25) is 29.5 Å². The van der Waals surface area contributed by atoms with E-state index in [-0.39, 0.29) is 19.3 Å². The van der Waals surface area contributed by atoms with E-state index in [1.165, 1.54) is 0 Å². The van der Waals surface area contributed by atoms with Crippen LogP contribution < -0.4 is 38.1 Å². The van der Waals surface area contributed by atoms with Gasteiger partial charge >= 0.3 is 0 Å². The van der Waals surface area contributed by atoms with E-state index in [9.17, 15) is 24.0 Å². The molecular weight excluding hydrogens is 741 g/mol. The van der Waals surface area contributed by atoms with Gasteiger partial charge in [-0.1, -0.05) is 86.5 Å². The van der Waals surface area contributed by atoms with Crippen LogP contribution >= 0.6 is 11.3 Å². The molecule has 300 valence electrons. The fraction of sp³-hybridized carbons (Fsp3) is 0.372. The van der Waals surface area contributed by atoms with Gasteiger partial charge in [0.15, 0.2) is 0 Å². The van der Waals surface area contributed by atoms with E-state index in [1.54, 1.807) is 17.5 Å². The number of primary amides is 1. The van der Waals surface area contributed by atoms with Crippen molar-refractivity contribution in [1.82, 2.24) is 31.6 Å². The predicted molar refractivity (Wildman–Crippen MR) is 223 cm³/mol. The van der Waals surface area contributed by atoms with Gasteiger partial charge in [0, 0.05) is 41.1 Å². The molecule has 5 amide bonds. The molecule has 1 fully saturated rings. The molecule has 0 saturated carbocycles. The number of carbonyl (C=O) groups is 5. The molecule has 0 bridgehead atoms. The number of thiophene rings is 1. The number of aromatic amines is 1. The van der Waals surface area contributed by atoms with Crippen molar-refractivity contribution in [3.8, 4) is 0 Å². The first-order valence-electron chi connectivity index (χ1n) is 19.6. The third-order valence-corrected chi connectivity index (χ3v) is 11.8. The van der Waals surface area contributed by atoms with E-state index in [1.807, 2.05) is 91.2 Å². The maximum absolute atomic E-state index is 14.6. The zero-order chi connectivity index (χ0) is 40.4. The molecule has 4 atom stereocenters. The Morgan fingerprint density at radius 3 is 2.02 bits per heavy atom. The third-order valence-electron chi connectivity index (χ3n) is 10.8. The predicted octanol–water partition coefficient (Wildman–Crippen LogP) is 3.11. The lowest BCUT2D eigenvalue weighted by Crippen LogP contribution is -2.65. The first kappa shape index (κ1) is 41.1. The summed E-state index contributed by atoms with van der Waals surface area (Å²) in [6, 6.07) is 20.5. The fourth-order valence-corrected chi connectivity index (χ4v) is 8.37. The molecule has 0 radical (unpaired) electrons. The Morgan fingerprint density at radius 2 is 1.33 bits per heavy atom. The highest BCUT2D eigenvalue weighted by molar-refractivity contribution is 7.17. The highest BCUT2D eigenvalue weighted by Gasteiger charge is 2.41. The summed E-state index contributed by atoms with van der Waals surface area (Å²) in [4.78, 5) is 72.6. The van der Waals surface area contributed by atoms with Gasteiger partial charge in [0.1, 0.15) is 23.7 Å². The Hall–Kier alpha value is -5.57. The zero-order valence-electron chi connectivity index (χ0n) is 32.1. The minimum Gasteiger partial charge on any atom is -0.368 e. The summed E-state index contributed by atoms with van der Waals surface area (Å²) < 4.78 is 1.04. The summed E-state index contributed by atoms with van der Waals surface area (Å²) in [5.41, 5.74) is 14.1. The number of benzene rings is 3. The van der Waals surface area contributed by atoms with E-state index in [0.29, 0.717) is 32.4 Å². The number of nitrogens with one attached hydrogen (secondary N) is 6. The molecule has 10 N–H and O–H groups in total. The number of H-pyrrole nitrogens is 1. The number of rotatable bonds is 18. The number of aromatic nitrogens is 1. The maximum atomic E-state index is 14.6. The average molecular weight is 793 g/mol. The minimum atomic E-state index is -1.28. The minimum absolute atomic E-state index is 0.0657. The lowest BCUT2D eigenvalue weighted by atomic mass is 9.87. The second-order valence-corrected chi connectivity index (χ2v) is 15.7. The Morgan fingerprint density at radius 1 is 0.737 bits per heavy atom. The van der Waals surface area contributed by atoms with Crippen LogP contribution in [0.3, 0.4) is 0 Å². The average Bonchev–Trinajstić information content (AvgIpc) is 3.83. The van der Waals surface area contributed by atoms with Gasteiger partial charge in [-0.15, -0.1) is 11.3 Å². The molecule has 5 aromatic rings. The number of carbonyl (C=O) groups excluding carboxylic acids is 5. The van der Waals surface area contributed by atoms with Gasteiger partial charge in [-0.25, -0.2) is 0 Å². The maximum Gasteiger partial charge on any atom is 0.243 e. The number of hydrogen-bond donors (Lipinski definition) is 8. The molecule has 13 nitrogen and oxygen atoms in total. The topological polar surface area (TPSA) is 213 Å². The molecule has 1 aliphatic heterocycles. The molecule has 3 aromatic carbocycles. The quantitative estimate of drug-likeness (QED) is 0.0664. The van der Waals surface area contributed by atoms with Gasteiger partial charge < -0.3 is 43.0 Å². The molecule has 2 aromatic heterocycles. The molecule has 14 heteroatoms. The first-order valence-corrected chi connectivity index (χ1v) is 20.5. The normalized spacial score (nSPS) is 15.9. The number of nitrogens with two attached hydrogens (primary N) is 2. The van der Waals surface area contributed by atoms with Crippen molar-refractivity contribution in [2.75, 3.05) is 13.1 Å². The Bertz CT molecular complexity index is 2180.